The van der Waals surface area contributed by atoms with E-state index in [1.54, 1.807) is 6.07 Å². The number of carbonyl (C=O) groups is 3. The SMILES string of the molecule is CC(=O)[C@]1(O)[C@@](O)(C(C)=O)CS[C@H](Oc2cncc(-c3ccc(C#N)c(F)c3)c2)[C@@]1(O)C(C)=O. The molecule has 178 valence electrons. The number of benzene rings is 1. The normalized spacial score (nSPS) is 28.6. The van der Waals surface area contributed by atoms with Crippen LogP contribution in [0.5, 0.6) is 5.75 Å². The summed E-state index contributed by atoms with van der Waals surface area (Å²) in [4.78, 5) is 41.2. The van der Waals surface area contributed by atoms with Gasteiger partial charge in [0.25, 0.3) is 0 Å². The van der Waals surface area contributed by atoms with Crippen LogP contribution in [0.25, 0.3) is 11.1 Å². The zero-order valence-corrected chi connectivity index (χ0v) is 19.2. The lowest BCUT2D eigenvalue weighted by Crippen LogP contribution is -2.82. The first-order chi connectivity index (χ1) is 15.8. The molecule has 0 unspecified atom stereocenters. The Morgan fingerprint density at radius 1 is 1.09 bits per heavy atom. The summed E-state index contributed by atoms with van der Waals surface area (Å²) in [6.45, 7) is 2.67. The van der Waals surface area contributed by atoms with Crippen molar-refractivity contribution in [1.82, 2.24) is 4.98 Å². The molecule has 1 aliphatic rings. The molecule has 0 saturated carbocycles. The van der Waals surface area contributed by atoms with Gasteiger partial charge in [-0.25, -0.2) is 4.39 Å². The van der Waals surface area contributed by atoms with Crippen LogP contribution in [0.4, 0.5) is 4.39 Å². The van der Waals surface area contributed by atoms with E-state index in [4.69, 9.17) is 10.00 Å². The number of pyridine rings is 1. The van der Waals surface area contributed by atoms with Crippen LogP contribution >= 0.6 is 11.8 Å². The highest BCUT2D eigenvalue weighted by Gasteiger charge is 2.75. The largest absolute Gasteiger partial charge is 0.474 e. The van der Waals surface area contributed by atoms with E-state index in [0.29, 0.717) is 22.9 Å². The number of ether oxygens (including phenoxy) is 1. The van der Waals surface area contributed by atoms with Gasteiger partial charge in [-0.1, -0.05) is 6.07 Å². The smallest absolute Gasteiger partial charge is 0.208 e. The second-order valence-electron chi connectivity index (χ2n) is 7.98. The molecule has 3 N–H and O–H groups in total. The van der Waals surface area contributed by atoms with Crippen LogP contribution in [0.15, 0.2) is 36.7 Å². The number of ketones is 3. The Hall–Kier alpha value is -3.17. The van der Waals surface area contributed by atoms with Crippen molar-refractivity contribution < 1.29 is 38.8 Å². The maximum Gasteiger partial charge on any atom is 0.208 e. The minimum Gasteiger partial charge on any atom is -0.474 e. The third kappa shape index (κ3) is 3.69. The lowest BCUT2D eigenvalue weighted by atomic mass is 9.65. The molecule has 0 bridgehead atoms. The van der Waals surface area contributed by atoms with Crippen molar-refractivity contribution in [3.63, 3.8) is 0 Å². The van der Waals surface area contributed by atoms with E-state index in [0.717, 1.165) is 26.8 Å². The average Bonchev–Trinajstić information content (AvgIpc) is 2.79. The van der Waals surface area contributed by atoms with E-state index in [1.807, 2.05) is 0 Å². The minimum atomic E-state index is -3.19. The van der Waals surface area contributed by atoms with Crippen molar-refractivity contribution in [2.45, 2.75) is 43.0 Å². The number of thioether (sulfide) groups is 1. The van der Waals surface area contributed by atoms with Gasteiger partial charge in [-0.2, -0.15) is 5.26 Å². The van der Waals surface area contributed by atoms with Gasteiger partial charge < -0.3 is 20.1 Å². The van der Waals surface area contributed by atoms with Crippen LogP contribution in [0.2, 0.25) is 0 Å². The number of nitriles is 1. The fourth-order valence-electron chi connectivity index (χ4n) is 3.91. The Morgan fingerprint density at radius 3 is 2.29 bits per heavy atom. The van der Waals surface area contributed by atoms with E-state index >= 15 is 0 Å². The van der Waals surface area contributed by atoms with Crippen LogP contribution in [0.1, 0.15) is 26.3 Å². The van der Waals surface area contributed by atoms with Gasteiger partial charge >= 0.3 is 0 Å². The van der Waals surface area contributed by atoms with Crippen molar-refractivity contribution in [2.24, 2.45) is 0 Å². The number of halogens is 1. The number of Topliss-reactive ketones (excluding diaryl/α,β-unsaturated/α-hetero) is 3. The molecule has 2 aromatic rings. The van der Waals surface area contributed by atoms with Gasteiger partial charge in [-0.05, 0) is 44.5 Å². The van der Waals surface area contributed by atoms with Gasteiger partial charge in [0.2, 0.25) is 5.60 Å². The monoisotopic (exact) mass is 488 g/mol. The molecule has 0 spiro atoms. The number of carbonyl (C=O) groups excluding carboxylic acids is 3. The number of hydrogen-bond donors (Lipinski definition) is 3. The van der Waals surface area contributed by atoms with Gasteiger partial charge in [-0.3, -0.25) is 19.4 Å². The molecule has 1 aromatic heterocycles. The predicted octanol–water partition coefficient (Wildman–Crippen LogP) is 1.17. The van der Waals surface area contributed by atoms with E-state index in [9.17, 15) is 34.1 Å². The highest BCUT2D eigenvalue weighted by Crippen LogP contribution is 2.49. The molecule has 0 amide bonds. The first-order valence-corrected chi connectivity index (χ1v) is 11.0. The number of hydrogen-bond acceptors (Lipinski definition) is 10. The van der Waals surface area contributed by atoms with Crippen LogP contribution in [-0.4, -0.2) is 65.6 Å². The Morgan fingerprint density at radius 2 is 1.76 bits per heavy atom. The maximum atomic E-state index is 14.0. The molecule has 1 aromatic carbocycles. The molecule has 0 radical (unpaired) electrons. The minimum absolute atomic E-state index is 0.0152. The summed E-state index contributed by atoms with van der Waals surface area (Å²) in [6.07, 6.45) is 2.61. The highest BCUT2D eigenvalue weighted by molar-refractivity contribution is 8.00. The lowest BCUT2D eigenvalue weighted by molar-refractivity contribution is -0.236. The van der Waals surface area contributed by atoms with Gasteiger partial charge in [0.1, 0.15) is 17.6 Å². The molecular formula is C23H21FN2O7S. The first-order valence-electron chi connectivity index (χ1n) is 9.96. The second-order valence-corrected chi connectivity index (χ2v) is 9.03. The Balaban J connectivity index is 2.05. The summed E-state index contributed by atoms with van der Waals surface area (Å²) >= 11 is 0.657. The fraction of sp³-hybridized carbons (Fsp3) is 0.348. The van der Waals surface area contributed by atoms with Crippen molar-refractivity contribution >= 4 is 29.1 Å². The van der Waals surface area contributed by atoms with Gasteiger partial charge in [0.15, 0.2) is 34.0 Å². The van der Waals surface area contributed by atoms with Crippen molar-refractivity contribution in [3.05, 3.63) is 48.0 Å². The van der Waals surface area contributed by atoms with E-state index in [2.05, 4.69) is 4.98 Å². The van der Waals surface area contributed by atoms with Crippen LogP contribution in [0.3, 0.4) is 0 Å². The first kappa shape index (κ1) is 25.5. The highest BCUT2D eigenvalue weighted by atomic mass is 32.2. The number of nitrogens with zero attached hydrogens (tertiary/aromatic N) is 2. The summed E-state index contributed by atoms with van der Waals surface area (Å²) in [7, 11) is 0. The molecule has 4 atom stereocenters. The summed E-state index contributed by atoms with van der Waals surface area (Å²) in [5, 5.41) is 42.3. The molecule has 1 aliphatic heterocycles. The lowest BCUT2D eigenvalue weighted by Gasteiger charge is -2.54. The molecule has 11 heteroatoms. The zero-order chi connectivity index (χ0) is 25.5. The van der Waals surface area contributed by atoms with Gasteiger partial charge in [0, 0.05) is 17.5 Å². The van der Waals surface area contributed by atoms with E-state index in [-0.39, 0.29) is 11.3 Å². The molecule has 2 heterocycles. The molecule has 0 aliphatic carbocycles. The summed E-state index contributed by atoms with van der Waals surface area (Å²) in [6, 6.07) is 7.04. The summed E-state index contributed by atoms with van der Waals surface area (Å²) in [5.74, 6) is -4.62. The van der Waals surface area contributed by atoms with Crippen molar-refractivity contribution in [2.75, 3.05) is 5.75 Å². The predicted molar refractivity (Wildman–Crippen MR) is 118 cm³/mol. The third-order valence-corrected chi connectivity index (χ3v) is 7.27. The molecular weight excluding hydrogens is 467 g/mol. The number of aliphatic hydroxyl groups is 3. The number of aromatic nitrogens is 1. The quantitative estimate of drug-likeness (QED) is 0.539. The molecule has 1 saturated heterocycles. The third-order valence-electron chi connectivity index (χ3n) is 5.94. The fourth-order valence-corrected chi connectivity index (χ4v) is 5.47. The van der Waals surface area contributed by atoms with Gasteiger partial charge in [0.05, 0.1) is 11.8 Å². The molecule has 9 nitrogen and oxygen atoms in total. The van der Waals surface area contributed by atoms with E-state index in [1.165, 1.54) is 30.6 Å². The molecule has 3 rings (SSSR count). The van der Waals surface area contributed by atoms with Crippen molar-refractivity contribution in [1.29, 1.82) is 5.26 Å². The van der Waals surface area contributed by atoms with Crippen molar-refractivity contribution in [3.8, 4) is 22.9 Å². The zero-order valence-electron chi connectivity index (χ0n) is 18.4. The Bertz CT molecular complexity index is 1230. The summed E-state index contributed by atoms with van der Waals surface area (Å²) < 4.78 is 19.8. The van der Waals surface area contributed by atoms with Crippen LogP contribution in [-0.2, 0) is 14.4 Å². The number of rotatable bonds is 6. The average molecular weight is 488 g/mol. The maximum absolute atomic E-state index is 14.0. The Kier molecular flexibility index (Phi) is 6.65. The second kappa shape index (κ2) is 8.88. The standard InChI is InChI=1S/C23H21FN2O7S/c1-12(27)21(30)11-34-20(22(31,13(2)28)23(21,32)14(3)29)33-18-6-17(9-26-10-18)15-4-5-16(8-25)19(24)7-15/h4-7,9-10,20,30-32H,11H2,1-3H3/t20-,21-,22-,23-/m0/s1. The Labute approximate surface area is 198 Å². The summed E-state index contributed by atoms with van der Waals surface area (Å²) in [5.41, 5.74) is -9.96. The van der Waals surface area contributed by atoms with Crippen LogP contribution < -0.4 is 4.74 Å². The van der Waals surface area contributed by atoms with E-state index < -0.39 is 51.2 Å². The molecule has 1 fully saturated rings. The van der Waals surface area contributed by atoms with Crippen LogP contribution in [0, 0.1) is 17.1 Å². The molecule has 34 heavy (non-hydrogen) atoms. The van der Waals surface area contributed by atoms with Gasteiger partial charge in [-0.15, -0.1) is 11.8 Å². The topological polar surface area (TPSA) is 158 Å².